The number of amides is 1. The Morgan fingerprint density at radius 3 is 2.40 bits per heavy atom. The third-order valence-corrected chi connectivity index (χ3v) is 5.78. The maximum absolute atomic E-state index is 13.1. The number of aliphatic hydroxyl groups is 1. The Labute approximate surface area is 175 Å². The van der Waals surface area contributed by atoms with Crippen molar-refractivity contribution in [3.8, 4) is 0 Å². The molecule has 1 aliphatic heterocycles. The monoisotopic (exact) mass is 404 g/mol. The topological polar surface area (TPSA) is 86.7 Å². The molecule has 30 heavy (non-hydrogen) atoms. The number of hydrogen-bond acceptors (Lipinski definition) is 5. The van der Waals surface area contributed by atoms with Crippen LogP contribution in [0.1, 0.15) is 62.0 Å². The number of carbonyl (C=O) groups is 3. The molecule has 2 unspecified atom stereocenters. The first kappa shape index (κ1) is 19.9. The third-order valence-electron chi connectivity index (χ3n) is 5.78. The maximum Gasteiger partial charge on any atom is 0.253 e. The number of aliphatic hydroxyl groups excluding tert-OH is 1. The second kappa shape index (κ2) is 7.13. The number of hydrogen-bond donors (Lipinski definition) is 2. The van der Waals surface area contributed by atoms with Crippen LogP contribution in [0.4, 0.5) is 5.69 Å². The summed E-state index contributed by atoms with van der Waals surface area (Å²) >= 11 is 0. The Hall–Kier alpha value is -3.41. The van der Waals surface area contributed by atoms with E-state index in [1.54, 1.807) is 26.2 Å². The molecule has 0 radical (unpaired) electrons. The fourth-order valence-corrected chi connectivity index (χ4v) is 4.05. The third kappa shape index (κ3) is 3.09. The van der Waals surface area contributed by atoms with E-state index in [2.05, 4.69) is 19.2 Å². The van der Waals surface area contributed by atoms with E-state index in [1.807, 2.05) is 18.2 Å². The van der Waals surface area contributed by atoms with Crippen molar-refractivity contribution in [2.45, 2.75) is 25.8 Å². The molecule has 0 saturated heterocycles. The molecule has 2 atom stereocenters. The van der Waals surface area contributed by atoms with Crippen LogP contribution < -0.4 is 5.32 Å². The molecule has 0 bridgehead atoms. The first-order valence-electron chi connectivity index (χ1n) is 9.94. The van der Waals surface area contributed by atoms with Gasteiger partial charge in [0.2, 0.25) is 0 Å². The maximum atomic E-state index is 13.1. The summed E-state index contributed by atoms with van der Waals surface area (Å²) in [4.78, 5) is 39.8. The lowest BCUT2D eigenvalue weighted by Gasteiger charge is -2.28. The van der Waals surface area contributed by atoms with Crippen molar-refractivity contribution in [1.82, 2.24) is 4.90 Å². The van der Waals surface area contributed by atoms with Gasteiger partial charge >= 0.3 is 0 Å². The number of nitrogens with one attached hydrogen (secondary N) is 1. The Balaban J connectivity index is 1.68. The number of benzene rings is 2. The van der Waals surface area contributed by atoms with Crippen LogP contribution in [0.25, 0.3) is 6.08 Å². The molecule has 0 saturated carbocycles. The van der Waals surface area contributed by atoms with Gasteiger partial charge in [0.1, 0.15) is 17.7 Å². The lowest BCUT2D eigenvalue weighted by atomic mass is 9.88. The van der Waals surface area contributed by atoms with Gasteiger partial charge in [0.25, 0.3) is 5.91 Å². The Morgan fingerprint density at radius 2 is 1.73 bits per heavy atom. The number of nitrogens with zero attached hydrogens (tertiary/aromatic N) is 1. The molecule has 154 valence electrons. The van der Waals surface area contributed by atoms with Crippen LogP contribution in [-0.2, 0) is 0 Å². The zero-order valence-corrected chi connectivity index (χ0v) is 17.4. The van der Waals surface area contributed by atoms with E-state index < -0.39 is 12.0 Å². The summed E-state index contributed by atoms with van der Waals surface area (Å²) in [5, 5.41) is 13.8. The normalized spacial score (nSPS) is 19.8. The molecule has 2 aromatic rings. The standard InChI is InChI=1S/C24H24N2O4/c1-12(2)13-6-8-18-15(9-13)11-19(27)21(25-18)20-22(28)16-7-5-14(24(30)26(3)4)10-17(16)23(20)29/h5-12,20-21,25,27H,1-4H3. The minimum Gasteiger partial charge on any atom is -0.510 e. The van der Waals surface area contributed by atoms with E-state index in [1.165, 1.54) is 17.0 Å². The van der Waals surface area contributed by atoms with Gasteiger partial charge in [-0.2, -0.15) is 0 Å². The van der Waals surface area contributed by atoms with Crippen molar-refractivity contribution < 1.29 is 19.5 Å². The number of ketones is 2. The smallest absolute Gasteiger partial charge is 0.253 e. The van der Waals surface area contributed by atoms with Gasteiger partial charge in [-0.15, -0.1) is 0 Å². The molecule has 6 heteroatoms. The summed E-state index contributed by atoms with van der Waals surface area (Å²) in [5.41, 5.74) is 3.59. The summed E-state index contributed by atoms with van der Waals surface area (Å²) in [5.74, 6) is -1.75. The minimum atomic E-state index is -1.07. The average molecular weight is 404 g/mol. The molecule has 2 aromatic carbocycles. The van der Waals surface area contributed by atoms with Crippen molar-refractivity contribution in [2.75, 3.05) is 19.4 Å². The summed E-state index contributed by atoms with van der Waals surface area (Å²) in [6.45, 7) is 4.18. The highest BCUT2D eigenvalue weighted by Gasteiger charge is 2.46. The van der Waals surface area contributed by atoms with Crippen LogP contribution in [0.3, 0.4) is 0 Å². The number of anilines is 1. The van der Waals surface area contributed by atoms with E-state index in [9.17, 15) is 19.5 Å². The summed E-state index contributed by atoms with van der Waals surface area (Å²) in [6.07, 6.45) is 1.62. The van der Waals surface area contributed by atoms with Crippen molar-refractivity contribution in [3.05, 3.63) is 70.0 Å². The van der Waals surface area contributed by atoms with E-state index in [4.69, 9.17) is 0 Å². The highest BCUT2D eigenvalue weighted by Crippen LogP contribution is 2.37. The summed E-state index contributed by atoms with van der Waals surface area (Å²) in [6, 6.07) is 9.61. The van der Waals surface area contributed by atoms with E-state index in [-0.39, 0.29) is 34.4 Å². The van der Waals surface area contributed by atoms with Gasteiger partial charge in [0, 0.05) is 42.0 Å². The lowest BCUT2D eigenvalue weighted by Crippen LogP contribution is -2.39. The molecule has 6 nitrogen and oxygen atoms in total. The second-order valence-electron chi connectivity index (χ2n) is 8.36. The van der Waals surface area contributed by atoms with Gasteiger partial charge in [0.15, 0.2) is 11.6 Å². The van der Waals surface area contributed by atoms with Crippen LogP contribution in [0.2, 0.25) is 0 Å². The predicted octanol–water partition coefficient (Wildman–Crippen LogP) is 3.90. The number of fused-ring (bicyclic) bond motifs is 2. The van der Waals surface area contributed by atoms with Crippen molar-refractivity contribution in [1.29, 1.82) is 0 Å². The largest absolute Gasteiger partial charge is 0.510 e. The molecule has 1 heterocycles. The van der Waals surface area contributed by atoms with Crippen molar-refractivity contribution in [3.63, 3.8) is 0 Å². The first-order chi connectivity index (χ1) is 14.2. The predicted molar refractivity (Wildman–Crippen MR) is 115 cm³/mol. The Bertz CT molecular complexity index is 1110. The van der Waals surface area contributed by atoms with Crippen molar-refractivity contribution in [2.24, 2.45) is 5.92 Å². The van der Waals surface area contributed by atoms with Gasteiger partial charge in [-0.1, -0.05) is 19.9 Å². The number of carbonyl (C=O) groups excluding carboxylic acids is 3. The molecule has 2 N–H and O–H groups in total. The zero-order valence-electron chi connectivity index (χ0n) is 17.4. The average Bonchev–Trinajstić information content (AvgIpc) is 2.96. The van der Waals surface area contributed by atoms with E-state index in [0.29, 0.717) is 11.5 Å². The first-order valence-corrected chi connectivity index (χ1v) is 9.94. The molecular weight excluding hydrogens is 380 g/mol. The number of Topliss-reactive ketones (excluding diaryl/α,β-unsaturated/α-hetero) is 2. The van der Waals surface area contributed by atoms with Crippen LogP contribution >= 0.6 is 0 Å². The highest BCUT2D eigenvalue weighted by atomic mass is 16.3. The molecule has 0 spiro atoms. The summed E-state index contributed by atoms with van der Waals surface area (Å²) < 4.78 is 0. The lowest BCUT2D eigenvalue weighted by molar-refractivity contribution is 0.0815. The van der Waals surface area contributed by atoms with Crippen LogP contribution in [-0.4, -0.2) is 47.6 Å². The molecule has 0 aromatic heterocycles. The van der Waals surface area contributed by atoms with Crippen LogP contribution in [0, 0.1) is 5.92 Å². The molecule has 2 aliphatic rings. The molecule has 1 aliphatic carbocycles. The minimum absolute atomic E-state index is 0.0486. The quantitative estimate of drug-likeness (QED) is 0.758. The Morgan fingerprint density at radius 1 is 1.03 bits per heavy atom. The zero-order chi connectivity index (χ0) is 21.7. The fraction of sp³-hybridized carbons (Fsp3) is 0.292. The van der Waals surface area contributed by atoms with Gasteiger partial charge < -0.3 is 15.3 Å². The van der Waals surface area contributed by atoms with Crippen LogP contribution in [0.5, 0.6) is 0 Å². The van der Waals surface area contributed by atoms with Gasteiger partial charge in [-0.05, 0) is 47.9 Å². The van der Waals surface area contributed by atoms with Crippen LogP contribution in [0.15, 0.2) is 42.2 Å². The second-order valence-corrected chi connectivity index (χ2v) is 8.36. The van der Waals surface area contributed by atoms with Gasteiger partial charge in [0.05, 0.1) is 0 Å². The van der Waals surface area contributed by atoms with Gasteiger partial charge in [-0.25, -0.2) is 0 Å². The fourth-order valence-electron chi connectivity index (χ4n) is 4.05. The van der Waals surface area contributed by atoms with E-state index in [0.717, 1.165) is 16.8 Å². The highest BCUT2D eigenvalue weighted by molar-refractivity contribution is 6.27. The molecule has 1 amide bonds. The van der Waals surface area contributed by atoms with Crippen molar-refractivity contribution >= 4 is 29.2 Å². The molecular formula is C24H24N2O4. The molecule has 4 rings (SSSR count). The molecule has 0 fully saturated rings. The van der Waals surface area contributed by atoms with Gasteiger partial charge in [-0.3, -0.25) is 14.4 Å². The number of rotatable bonds is 3. The Kier molecular flexibility index (Phi) is 4.73. The SMILES string of the molecule is CC(C)c1ccc2c(c1)C=C(O)C(C1C(=O)c3ccc(C(=O)N(C)C)cc3C1=O)N2. The summed E-state index contributed by atoms with van der Waals surface area (Å²) in [7, 11) is 3.25. The van der Waals surface area contributed by atoms with E-state index >= 15 is 0 Å².